The minimum absolute atomic E-state index is 0.522. The van der Waals surface area contributed by atoms with Crippen LogP contribution in [0.5, 0.6) is 5.75 Å². The summed E-state index contributed by atoms with van der Waals surface area (Å²) < 4.78 is 8.05. The SMILES string of the molecule is Brc1ccccc1CN1CC1COc1ccccc1Br. The molecule has 3 rings (SSSR count). The van der Waals surface area contributed by atoms with Crippen LogP contribution in [0.3, 0.4) is 0 Å². The van der Waals surface area contributed by atoms with E-state index in [1.807, 2.05) is 30.3 Å². The summed E-state index contributed by atoms with van der Waals surface area (Å²) >= 11 is 7.09. The van der Waals surface area contributed by atoms with Gasteiger partial charge < -0.3 is 4.74 Å². The van der Waals surface area contributed by atoms with E-state index < -0.39 is 0 Å². The van der Waals surface area contributed by atoms with Crippen molar-refractivity contribution in [3.05, 3.63) is 63.0 Å². The molecule has 1 heterocycles. The Hall–Kier alpha value is -0.840. The highest BCUT2D eigenvalue weighted by Crippen LogP contribution is 2.28. The number of nitrogens with zero attached hydrogens (tertiary/aromatic N) is 1. The normalized spacial score (nSPS) is 20.7. The van der Waals surface area contributed by atoms with Gasteiger partial charge in [0.2, 0.25) is 0 Å². The van der Waals surface area contributed by atoms with Gasteiger partial charge in [0.15, 0.2) is 0 Å². The minimum atomic E-state index is 0.522. The van der Waals surface area contributed by atoms with Crippen LogP contribution in [-0.4, -0.2) is 24.1 Å². The Labute approximate surface area is 136 Å². The molecule has 20 heavy (non-hydrogen) atoms. The average Bonchev–Trinajstić information content (AvgIpc) is 3.19. The molecule has 0 N–H and O–H groups in total. The van der Waals surface area contributed by atoms with Crippen LogP contribution in [0.1, 0.15) is 5.56 Å². The summed E-state index contributed by atoms with van der Waals surface area (Å²) in [5.74, 6) is 0.917. The second kappa shape index (κ2) is 6.29. The Balaban J connectivity index is 1.51. The first-order valence-electron chi connectivity index (χ1n) is 6.59. The first-order chi connectivity index (χ1) is 9.74. The molecule has 0 radical (unpaired) electrons. The van der Waals surface area contributed by atoms with E-state index in [1.165, 1.54) is 10.0 Å². The van der Waals surface area contributed by atoms with Gasteiger partial charge in [-0.2, -0.15) is 0 Å². The van der Waals surface area contributed by atoms with Crippen LogP contribution in [0.2, 0.25) is 0 Å². The lowest BCUT2D eigenvalue weighted by molar-refractivity contribution is 0.291. The lowest BCUT2D eigenvalue weighted by Crippen LogP contribution is -2.11. The molecule has 1 aliphatic heterocycles. The van der Waals surface area contributed by atoms with E-state index in [-0.39, 0.29) is 0 Å². The number of halogens is 2. The van der Waals surface area contributed by atoms with Crippen molar-refractivity contribution in [2.45, 2.75) is 12.6 Å². The minimum Gasteiger partial charge on any atom is -0.491 e. The summed E-state index contributed by atoms with van der Waals surface area (Å²) in [6.45, 7) is 2.82. The molecule has 2 nitrogen and oxygen atoms in total. The second-order valence-electron chi connectivity index (χ2n) is 4.92. The lowest BCUT2D eigenvalue weighted by atomic mass is 10.2. The van der Waals surface area contributed by atoms with Crippen LogP contribution in [0.25, 0.3) is 0 Å². The van der Waals surface area contributed by atoms with E-state index in [4.69, 9.17) is 4.74 Å². The third-order valence-corrected chi connectivity index (χ3v) is 4.86. The molecule has 2 aromatic rings. The fourth-order valence-corrected chi connectivity index (χ4v) is 2.98. The molecule has 2 aromatic carbocycles. The highest BCUT2D eigenvalue weighted by atomic mass is 79.9. The fourth-order valence-electron chi connectivity index (χ4n) is 2.17. The fraction of sp³-hybridized carbons (Fsp3) is 0.250. The average molecular weight is 397 g/mol. The number of hydrogen-bond acceptors (Lipinski definition) is 2. The van der Waals surface area contributed by atoms with E-state index >= 15 is 0 Å². The molecule has 1 aliphatic rings. The molecule has 1 fully saturated rings. The van der Waals surface area contributed by atoms with Crippen molar-refractivity contribution in [3.8, 4) is 5.75 Å². The summed E-state index contributed by atoms with van der Waals surface area (Å²) in [6, 6.07) is 16.9. The van der Waals surface area contributed by atoms with Gasteiger partial charge in [0.25, 0.3) is 0 Å². The predicted octanol–water partition coefficient (Wildman–Crippen LogP) is 4.47. The number of para-hydroxylation sites is 1. The summed E-state index contributed by atoms with van der Waals surface area (Å²) in [7, 11) is 0. The standard InChI is InChI=1S/C16H15Br2NO/c17-14-6-2-1-5-12(14)9-19-10-13(19)11-20-16-8-4-3-7-15(16)18/h1-8,13H,9-11H2. The zero-order valence-corrected chi connectivity index (χ0v) is 14.1. The summed E-state index contributed by atoms with van der Waals surface area (Å²) in [6.07, 6.45) is 0. The van der Waals surface area contributed by atoms with Gasteiger partial charge >= 0.3 is 0 Å². The summed E-state index contributed by atoms with van der Waals surface area (Å²) in [4.78, 5) is 2.41. The van der Waals surface area contributed by atoms with Gasteiger partial charge in [0, 0.05) is 17.6 Å². The highest BCUT2D eigenvalue weighted by molar-refractivity contribution is 9.10. The van der Waals surface area contributed by atoms with Crippen molar-refractivity contribution in [1.29, 1.82) is 0 Å². The molecule has 2 unspecified atom stereocenters. The zero-order chi connectivity index (χ0) is 13.9. The molecule has 0 saturated carbocycles. The maximum absolute atomic E-state index is 5.86. The molecular weight excluding hydrogens is 382 g/mol. The largest absolute Gasteiger partial charge is 0.491 e. The van der Waals surface area contributed by atoms with E-state index in [0.717, 1.165) is 29.9 Å². The summed E-state index contributed by atoms with van der Waals surface area (Å²) in [5, 5.41) is 0. The van der Waals surface area contributed by atoms with E-state index in [1.54, 1.807) is 0 Å². The van der Waals surface area contributed by atoms with Gasteiger partial charge in [-0.25, -0.2) is 0 Å². The molecule has 2 atom stereocenters. The Morgan fingerprint density at radius 3 is 2.45 bits per heavy atom. The second-order valence-corrected chi connectivity index (χ2v) is 6.62. The monoisotopic (exact) mass is 395 g/mol. The van der Waals surface area contributed by atoms with Crippen molar-refractivity contribution in [3.63, 3.8) is 0 Å². The van der Waals surface area contributed by atoms with Gasteiger partial charge in [0.05, 0.1) is 10.5 Å². The Morgan fingerprint density at radius 2 is 1.70 bits per heavy atom. The third-order valence-electron chi connectivity index (χ3n) is 3.43. The number of benzene rings is 2. The number of hydrogen-bond donors (Lipinski definition) is 0. The smallest absolute Gasteiger partial charge is 0.133 e. The molecule has 0 spiro atoms. The molecule has 0 amide bonds. The van der Waals surface area contributed by atoms with Gasteiger partial charge in [-0.15, -0.1) is 0 Å². The van der Waals surface area contributed by atoms with E-state index in [9.17, 15) is 0 Å². The quantitative estimate of drug-likeness (QED) is 0.691. The van der Waals surface area contributed by atoms with Crippen molar-refractivity contribution < 1.29 is 4.74 Å². The topological polar surface area (TPSA) is 12.2 Å². The van der Waals surface area contributed by atoms with Crippen LogP contribution in [0.15, 0.2) is 57.5 Å². The van der Waals surface area contributed by atoms with Crippen molar-refractivity contribution in [2.24, 2.45) is 0 Å². The zero-order valence-electron chi connectivity index (χ0n) is 10.9. The molecule has 0 aliphatic carbocycles. The molecule has 4 heteroatoms. The first kappa shape index (κ1) is 14.1. The maximum atomic E-state index is 5.86. The van der Waals surface area contributed by atoms with Gasteiger partial charge in [-0.3, -0.25) is 4.90 Å². The van der Waals surface area contributed by atoms with Crippen LogP contribution < -0.4 is 4.74 Å². The summed E-state index contributed by atoms with van der Waals surface area (Å²) in [5.41, 5.74) is 1.33. The predicted molar refractivity (Wildman–Crippen MR) is 88.0 cm³/mol. The maximum Gasteiger partial charge on any atom is 0.133 e. The Bertz CT molecular complexity index is 603. The van der Waals surface area contributed by atoms with E-state index in [0.29, 0.717) is 6.04 Å². The van der Waals surface area contributed by atoms with Crippen LogP contribution >= 0.6 is 31.9 Å². The molecule has 104 valence electrons. The Morgan fingerprint density at radius 1 is 1.00 bits per heavy atom. The van der Waals surface area contributed by atoms with Gasteiger partial charge in [-0.05, 0) is 39.7 Å². The van der Waals surface area contributed by atoms with Crippen molar-refractivity contribution in [2.75, 3.05) is 13.2 Å². The van der Waals surface area contributed by atoms with Gasteiger partial charge in [0.1, 0.15) is 12.4 Å². The van der Waals surface area contributed by atoms with Gasteiger partial charge in [-0.1, -0.05) is 46.3 Å². The first-order valence-corrected chi connectivity index (χ1v) is 8.17. The molecule has 1 saturated heterocycles. The van der Waals surface area contributed by atoms with Crippen LogP contribution in [0, 0.1) is 0 Å². The Kier molecular flexibility index (Phi) is 4.44. The van der Waals surface area contributed by atoms with Crippen molar-refractivity contribution in [1.82, 2.24) is 4.90 Å². The van der Waals surface area contributed by atoms with Crippen molar-refractivity contribution >= 4 is 31.9 Å². The van der Waals surface area contributed by atoms with Crippen LogP contribution in [-0.2, 0) is 6.54 Å². The number of ether oxygens (including phenoxy) is 1. The molecular formula is C16H15Br2NO. The third kappa shape index (κ3) is 3.43. The van der Waals surface area contributed by atoms with Crippen LogP contribution in [0.4, 0.5) is 0 Å². The molecule has 0 bridgehead atoms. The number of rotatable bonds is 5. The highest BCUT2D eigenvalue weighted by Gasteiger charge is 2.34. The van der Waals surface area contributed by atoms with E-state index in [2.05, 4.69) is 55.0 Å². The lowest BCUT2D eigenvalue weighted by Gasteiger charge is -2.09. The molecule has 0 aromatic heterocycles.